The molecule has 2 aromatic heterocycles. The van der Waals surface area contributed by atoms with Crippen molar-refractivity contribution in [1.29, 1.82) is 5.26 Å². The number of methoxy groups -OCH3 is 1. The van der Waals surface area contributed by atoms with Crippen molar-refractivity contribution in [2.75, 3.05) is 52.5 Å². The smallest absolute Gasteiger partial charge is 0.200 e. The molecule has 5 aromatic rings. The number of benzene rings is 3. The fourth-order valence-electron chi connectivity index (χ4n) is 7.08. The van der Waals surface area contributed by atoms with E-state index < -0.39 is 22.4 Å². The number of nitriles is 1. The van der Waals surface area contributed by atoms with E-state index in [1.807, 2.05) is 37.3 Å². The van der Waals surface area contributed by atoms with Crippen LogP contribution in [0.5, 0.6) is 11.5 Å². The number of anilines is 1. The average molecular weight is 759 g/mol. The molecule has 3 aromatic carbocycles. The molecule has 2 aliphatic rings. The quantitative estimate of drug-likeness (QED) is 0.134. The van der Waals surface area contributed by atoms with Crippen LogP contribution in [0.25, 0.3) is 33.4 Å². The van der Waals surface area contributed by atoms with Crippen LogP contribution in [0, 0.1) is 29.5 Å². The molecule has 0 saturated carbocycles. The number of ketones is 1. The average Bonchev–Trinajstić information content (AvgIpc) is 3.22. The number of Topliss-reactive ketones (excluding diaryl/α,β-unsaturated/α-hetero) is 1. The maximum Gasteiger partial charge on any atom is 0.200 e. The van der Waals surface area contributed by atoms with Gasteiger partial charge in [-0.05, 0) is 60.7 Å². The minimum Gasteiger partial charge on any atom is -0.493 e. The first-order valence-electron chi connectivity index (χ1n) is 18.5. The number of aromatic nitrogens is 2. The molecule has 1 atom stereocenters. The van der Waals surface area contributed by atoms with Gasteiger partial charge in [0.25, 0.3) is 0 Å². The number of hydrogen-bond acceptors (Lipinski definition) is 10. The minimum atomic E-state index is -0.699. The van der Waals surface area contributed by atoms with Crippen LogP contribution in [0.4, 0.5) is 10.2 Å². The first-order chi connectivity index (χ1) is 27.1. The maximum absolute atomic E-state index is 16.0. The monoisotopic (exact) mass is 758 g/mol. The molecule has 0 aliphatic carbocycles. The molecular weight excluding hydrogens is 716 g/mol. The fourth-order valence-corrected chi connectivity index (χ4v) is 7.08. The van der Waals surface area contributed by atoms with Crippen LogP contribution in [-0.2, 0) is 27.2 Å². The number of ether oxygens (including phenoxy) is 5. The number of nitrogen functional groups attached to an aromatic ring is 1. The van der Waals surface area contributed by atoms with Crippen LogP contribution in [0.2, 0.25) is 0 Å². The van der Waals surface area contributed by atoms with Gasteiger partial charge in [-0.15, -0.1) is 0 Å². The summed E-state index contributed by atoms with van der Waals surface area (Å²) in [6, 6.07) is 21.6. The third kappa shape index (κ3) is 8.50. The first kappa shape index (κ1) is 38.4. The molecule has 56 heavy (non-hydrogen) atoms. The molecule has 0 spiro atoms. The highest BCUT2D eigenvalue weighted by Gasteiger charge is 2.33. The lowest BCUT2D eigenvalue weighted by molar-refractivity contribution is -0.101. The van der Waals surface area contributed by atoms with Crippen LogP contribution in [0.3, 0.4) is 0 Å². The standard InChI is InChI=1S/C44H43FN4O7/c1-28-3-6-30(7-4-28)36-22-49(27-44(26-46)11-13-53-14-12-44)23-37(42(36)51)39(50)18-29-5-9-34(38(45)17-29)35-19-32(21-48-43(35)47)31-8-10-40(41(20-31)52-2)56-25-33-24-54-15-16-55-33/h3-10,17,19-23,33H,11-16,18,24-25,27H2,1-2H3,(H2,47,48)/t33-/m1/s1. The Morgan fingerprint density at radius 1 is 0.946 bits per heavy atom. The van der Waals surface area contributed by atoms with Crippen LogP contribution in [0.15, 0.2) is 90.1 Å². The largest absolute Gasteiger partial charge is 0.493 e. The number of nitrogens with zero attached hydrogens (tertiary/aromatic N) is 3. The topological polar surface area (TPSA) is 148 Å². The molecule has 12 heteroatoms. The number of nitrogens with two attached hydrogens (primary N) is 1. The van der Waals surface area contributed by atoms with E-state index in [0.717, 1.165) is 11.1 Å². The Morgan fingerprint density at radius 3 is 2.45 bits per heavy atom. The fraction of sp³-hybridized carbons (Fsp3) is 0.318. The number of aryl methyl sites for hydroxylation is 1. The molecule has 2 saturated heterocycles. The molecule has 2 fully saturated rings. The van der Waals surface area contributed by atoms with E-state index >= 15 is 4.39 Å². The lowest BCUT2D eigenvalue weighted by Gasteiger charge is -2.31. The number of halogens is 1. The summed E-state index contributed by atoms with van der Waals surface area (Å²) in [7, 11) is 1.55. The van der Waals surface area contributed by atoms with Gasteiger partial charge >= 0.3 is 0 Å². The highest BCUT2D eigenvalue weighted by Crippen LogP contribution is 2.37. The zero-order chi connectivity index (χ0) is 39.2. The summed E-state index contributed by atoms with van der Waals surface area (Å²) in [6.07, 6.45) is 5.51. The predicted octanol–water partition coefficient (Wildman–Crippen LogP) is 6.82. The third-order valence-electron chi connectivity index (χ3n) is 10.3. The molecule has 0 bridgehead atoms. The van der Waals surface area contributed by atoms with Crippen molar-refractivity contribution in [3.8, 4) is 50.9 Å². The summed E-state index contributed by atoms with van der Waals surface area (Å²) in [6.45, 7) is 5.02. The lowest BCUT2D eigenvalue weighted by Crippen LogP contribution is -2.33. The van der Waals surface area contributed by atoms with E-state index in [2.05, 4.69) is 11.1 Å². The van der Waals surface area contributed by atoms with Crippen molar-refractivity contribution in [2.24, 2.45) is 5.41 Å². The summed E-state index contributed by atoms with van der Waals surface area (Å²) < 4.78 is 45.9. The first-order valence-corrected chi connectivity index (χ1v) is 18.5. The number of hydrogen-bond donors (Lipinski definition) is 1. The zero-order valence-corrected chi connectivity index (χ0v) is 31.4. The lowest BCUT2D eigenvalue weighted by atomic mass is 9.81. The Balaban J connectivity index is 1.13. The van der Waals surface area contributed by atoms with Crippen molar-refractivity contribution < 1.29 is 32.9 Å². The SMILES string of the molecule is COc1cc(-c2cnc(N)c(-c3ccc(CC(=O)c4cn(CC5(C#N)CCOCC5)cc(-c5ccc(C)cc5)c4=O)cc3F)c2)ccc1OC[C@H]1COCCO1. The van der Waals surface area contributed by atoms with E-state index in [-0.39, 0.29) is 29.5 Å². The molecule has 11 nitrogen and oxygen atoms in total. The molecule has 4 heterocycles. The van der Waals surface area contributed by atoms with Crippen molar-refractivity contribution in [1.82, 2.24) is 9.55 Å². The number of carbonyl (C=O) groups is 1. The molecular formula is C44H43FN4O7. The minimum absolute atomic E-state index is 0.0305. The molecule has 2 aliphatic heterocycles. The van der Waals surface area contributed by atoms with Crippen LogP contribution < -0.4 is 20.6 Å². The number of carbonyl (C=O) groups excluding carboxylic acids is 1. The zero-order valence-electron chi connectivity index (χ0n) is 31.4. The van der Waals surface area contributed by atoms with Gasteiger partial charge in [-0.3, -0.25) is 9.59 Å². The summed E-state index contributed by atoms with van der Waals surface area (Å²) in [4.78, 5) is 32.2. The molecule has 0 radical (unpaired) electrons. The molecule has 0 unspecified atom stereocenters. The van der Waals surface area contributed by atoms with Gasteiger partial charge in [0.2, 0.25) is 0 Å². The van der Waals surface area contributed by atoms with Gasteiger partial charge in [-0.1, -0.05) is 48.0 Å². The molecule has 0 amide bonds. The Morgan fingerprint density at radius 2 is 1.73 bits per heavy atom. The molecule has 288 valence electrons. The van der Waals surface area contributed by atoms with Crippen molar-refractivity contribution in [3.63, 3.8) is 0 Å². The maximum atomic E-state index is 16.0. The Hall–Kier alpha value is -5.87. The molecule has 7 rings (SSSR count). The molecule has 2 N–H and O–H groups in total. The van der Waals surface area contributed by atoms with E-state index in [9.17, 15) is 14.9 Å². The van der Waals surface area contributed by atoms with Crippen LogP contribution in [0.1, 0.15) is 34.3 Å². The van der Waals surface area contributed by atoms with E-state index in [4.69, 9.17) is 29.4 Å². The highest BCUT2D eigenvalue weighted by molar-refractivity contribution is 5.98. The van der Waals surface area contributed by atoms with E-state index in [1.54, 1.807) is 54.4 Å². The van der Waals surface area contributed by atoms with E-state index in [0.29, 0.717) is 98.3 Å². The Bertz CT molecular complexity index is 2320. The summed E-state index contributed by atoms with van der Waals surface area (Å²) in [5, 5.41) is 10.1. The number of pyridine rings is 2. The number of rotatable bonds is 12. The second-order valence-electron chi connectivity index (χ2n) is 14.3. The van der Waals surface area contributed by atoms with Gasteiger partial charge in [-0.25, -0.2) is 9.37 Å². The van der Waals surface area contributed by atoms with Crippen LogP contribution >= 0.6 is 0 Å². The predicted molar refractivity (Wildman–Crippen MR) is 209 cm³/mol. The van der Waals surface area contributed by atoms with E-state index in [1.165, 1.54) is 12.3 Å². The van der Waals surface area contributed by atoms with Gasteiger partial charge in [0.1, 0.15) is 24.3 Å². The van der Waals surface area contributed by atoms with Gasteiger partial charge in [0.15, 0.2) is 22.7 Å². The Labute approximate surface area is 324 Å². The highest BCUT2D eigenvalue weighted by atomic mass is 19.1. The van der Waals surface area contributed by atoms with Gasteiger partial charge in [0, 0.05) is 67.0 Å². The van der Waals surface area contributed by atoms with Crippen molar-refractivity contribution >= 4 is 11.6 Å². The van der Waals surface area contributed by atoms with Crippen molar-refractivity contribution in [2.45, 2.75) is 38.8 Å². The summed E-state index contributed by atoms with van der Waals surface area (Å²) in [5.41, 5.74) is 9.55. The summed E-state index contributed by atoms with van der Waals surface area (Å²) in [5.74, 6) is 0.106. The van der Waals surface area contributed by atoms with Gasteiger partial charge in [0.05, 0.1) is 44.0 Å². The van der Waals surface area contributed by atoms with Gasteiger partial charge < -0.3 is 34.0 Å². The van der Waals surface area contributed by atoms with Crippen LogP contribution in [-0.4, -0.2) is 68.2 Å². The van der Waals surface area contributed by atoms with Crippen molar-refractivity contribution in [3.05, 3.63) is 118 Å². The van der Waals surface area contributed by atoms with Gasteiger partial charge in [-0.2, -0.15) is 5.26 Å². The second kappa shape index (κ2) is 16.9. The summed E-state index contributed by atoms with van der Waals surface area (Å²) >= 11 is 0. The third-order valence-corrected chi connectivity index (χ3v) is 10.3. The normalized spacial score (nSPS) is 16.5. The Kier molecular flexibility index (Phi) is 11.6. The second-order valence-corrected chi connectivity index (χ2v) is 14.3.